The molecule has 0 radical (unpaired) electrons. The van der Waals surface area contributed by atoms with Crippen LogP contribution in [0, 0.1) is 0 Å². The molecule has 0 saturated carbocycles. The van der Waals surface area contributed by atoms with Gasteiger partial charge in [-0.1, -0.05) is 48.5 Å². The maximum atomic E-state index is 6.05. The minimum Gasteiger partial charge on any atom is -0.497 e. The van der Waals surface area contributed by atoms with E-state index in [0.717, 1.165) is 39.0 Å². The number of nitrogens with zero attached hydrogens (tertiary/aromatic N) is 2. The fourth-order valence-corrected chi connectivity index (χ4v) is 3.01. The number of hydrogen-bond donors (Lipinski definition) is 1. The number of ether oxygens (including phenoxy) is 1. The molecular weight excluding hydrogens is 322 g/mol. The zero-order valence-corrected chi connectivity index (χ0v) is 14.5. The van der Waals surface area contributed by atoms with Crippen LogP contribution in [0.1, 0.15) is 11.3 Å². The Morgan fingerprint density at radius 1 is 0.923 bits per heavy atom. The lowest BCUT2D eigenvalue weighted by Gasteiger charge is -2.09. The van der Waals surface area contributed by atoms with Crippen LogP contribution in [0.4, 0.5) is 5.82 Å². The lowest BCUT2D eigenvalue weighted by molar-refractivity contribution is 0.415. The van der Waals surface area contributed by atoms with Crippen LogP contribution in [-0.4, -0.2) is 17.1 Å². The Hall–Kier alpha value is -3.40. The molecule has 0 unspecified atom stereocenters. The molecular formula is C22H19N3O. The van der Waals surface area contributed by atoms with Crippen LogP contribution >= 0.6 is 0 Å². The maximum Gasteiger partial charge on any atom is 0.145 e. The fraction of sp³-hybridized carbons (Fsp3) is 0.0909. The van der Waals surface area contributed by atoms with Crippen molar-refractivity contribution in [3.05, 3.63) is 84.2 Å². The lowest BCUT2D eigenvalue weighted by Crippen LogP contribution is -2.03. The predicted octanol–water partition coefficient (Wildman–Crippen LogP) is 4.48. The summed E-state index contributed by atoms with van der Waals surface area (Å²) in [6.45, 7) is 0. The summed E-state index contributed by atoms with van der Waals surface area (Å²) >= 11 is 0. The molecule has 0 fully saturated rings. The normalized spacial score (nSPS) is 10.8. The van der Waals surface area contributed by atoms with Crippen molar-refractivity contribution in [2.45, 2.75) is 6.42 Å². The summed E-state index contributed by atoms with van der Waals surface area (Å²) < 4.78 is 5.29. The van der Waals surface area contributed by atoms with Gasteiger partial charge in [-0.3, -0.25) is 0 Å². The first kappa shape index (κ1) is 16.1. The third kappa shape index (κ3) is 3.22. The van der Waals surface area contributed by atoms with E-state index >= 15 is 0 Å². The second-order valence-electron chi connectivity index (χ2n) is 6.18. The van der Waals surface area contributed by atoms with Crippen LogP contribution in [0.2, 0.25) is 0 Å². The molecule has 0 aliphatic carbocycles. The molecule has 128 valence electrons. The SMILES string of the molecule is COc1ccc2cc(-c3cnc(N)c(Cc4ccccc4)n3)ccc2c1. The first-order valence-corrected chi connectivity index (χ1v) is 8.46. The third-order valence-electron chi connectivity index (χ3n) is 4.43. The van der Waals surface area contributed by atoms with E-state index in [-0.39, 0.29) is 0 Å². The largest absolute Gasteiger partial charge is 0.497 e. The number of nitrogen functional groups attached to an aromatic ring is 1. The van der Waals surface area contributed by atoms with Crippen molar-refractivity contribution in [1.82, 2.24) is 9.97 Å². The van der Waals surface area contributed by atoms with E-state index in [1.807, 2.05) is 42.5 Å². The lowest BCUT2D eigenvalue weighted by atomic mass is 10.0. The highest BCUT2D eigenvalue weighted by Crippen LogP contribution is 2.27. The van der Waals surface area contributed by atoms with E-state index in [2.05, 4.69) is 29.2 Å². The van der Waals surface area contributed by atoms with Gasteiger partial charge in [-0.2, -0.15) is 0 Å². The predicted molar refractivity (Wildman–Crippen MR) is 105 cm³/mol. The van der Waals surface area contributed by atoms with Crippen LogP contribution in [0.3, 0.4) is 0 Å². The van der Waals surface area contributed by atoms with Gasteiger partial charge in [-0.25, -0.2) is 9.97 Å². The summed E-state index contributed by atoms with van der Waals surface area (Å²) in [4.78, 5) is 9.12. The molecule has 4 aromatic rings. The molecule has 1 heterocycles. The summed E-state index contributed by atoms with van der Waals surface area (Å²) in [6, 6.07) is 22.4. The summed E-state index contributed by atoms with van der Waals surface area (Å²) in [5, 5.41) is 2.26. The van der Waals surface area contributed by atoms with Gasteiger partial charge in [0.2, 0.25) is 0 Å². The van der Waals surface area contributed by atoms with Crippen molar-refractivity contribution in [2.24, 2.45) is 0 Å². The first-order valence-electron chi connectivity index (χ1n) is 8.46. The minimum atomic E-state index is 0.475. The van der Waals surface area contributed by atoms with Gasteiger partial charge in [0.25, 0.3) is 0 Å². The number of anilines is 1. The summed E-state index contributed by atoms with van der Waals surface area (Å²) in [5.74, 6) is 1.32. The Labute approximate surface area is 152 Å². The first-order chi connectivity index (χ1) is 12.7. The van der Waals surface area contributed by atoms with E-state index in [4.69, 9.17) is 15.5 Å². The molecule has 0 atom stereocenters. The second kappa shape index (κ2) is 6.84. The molecule has 4 heteroatoms. The quantitative estimate of drug-likeness (QED) is 0.594. The Morgan fingerprint density at radius 2 is 1.69 bits per heavy atom. The van der Waals surface area contributed by atoms with Crippen LogP contribution in [0.5, 0.6) is 5.75 Å². The smallest absolute Gasteiger partial charge is 0.145 e. The van der Waals surface area contributed by atoms with Gasteiger partial charge in [0.15, 0.2) is 0 Å². The molecule has 26 heavy (non-hydrogen) atoms. The standard InChI is InChI=1S/C22H19N3O/c1-26-19-10-9-16-12-18(8-7-17(16)13-19)21-14-24-22(23)20(25-21)11-15-5-3-2-4-6-15/h2-10,12-14H,11H2,1H3,(H2,23,24). The average molecular weight is 341 g/mol. The van der Waals surface area contributed by atoms with Gasteiger partial charge in [0.05, 0.1) is 24.7 Å². The number of aromatic nitrogens is 2. The van der Waals surface area contributed by atoms with Crippen molar-refractivity contribution >= 4 is 16.6 Å². The Kier molecular flexibility index (Phi) is 4.23. The zero-order valence-electron chi connectivity index (χ0n) is 14.5. The summed E-state index contributed by atoms with van der Waals surface area (Å²) in [7, 11) is 1.67. The van der Waals surface area contributed by atoms with Crippen LogP contribution in [-0.2, 0) is 6.42 Å². The molecule has 0 amide bonds. The van der Waals surface area contributed by atoms with Gasteiger partial charge in [0.1, 0.15) is 11.6 Å². The number of hydrogen-bond acceptors (Lipinski definition) is 4. The molecule has 0 aliphatic rings. The highest BCUT2D eigenvalue weighted by atomic mass is 16.5. The van der Waals surface area contributed by atoms with Gasteiger partial charge in [0, 0.05) is 12.0 Å². The number of methoxy groups -OCH3 is 1. The van der Waals surface area contributed by atoms with E-state index in [1.54, 1.807) is 13.3 Å². The Balaban J connectivity index is 1.71. The van der Waals surface area contributed by atoms with Gasteiger partial charge < -0.3 is 10.5 Å². The molecule has 1 aromatic heterocycles. The van der Waals surface area contributed by atoms with E-state index in [9.17, 15) is 0 Å². The van der Waals surface area contributed by atoms with E-state index < -0.39 is 0 Å². The van der Waals surface area contributed by atoms with Crippen molar-refractivity contribution in [1.29, 1.82) is 0 Å². The number of rotatable bonds is 4. The fourth-order valence-electron chi connectivity index (χ4n) is 3.01. The molecule has 4 rings (SSSR count). The highest BCUT2D eigenvalue weighted by Gasteiger charge is 2.08. The highest BCUT2D eigenvalue weighted by molar-refractivity contribution is 5.87. The second-order valence-corrected chi connectivity index (χ2v) is 6.18. The van der Waals surface area contributed by atoms with Gasteiger partial charge >= 0.3 is 0 Å². The number of benzene rings is 3. The molecule has 0 spiro atoms. The minimum absolute atomic E-state index is 0.475. The third-order valence-corrected chi connectivity index (χ3v) is 4.43. The van der Waals surface area contributed by atoms with Crippen molar-refractivity contribution < 1.29 is 4.74 Å². The maximum absolute atomic E-state index is 6.05. The van der Waals surface area contributed by atoms with Crippen molar-refractivity contribution in [3.8, 4) is 17.0 Å². The van der Waals surface area contributed by atoms with E-state index in [0.29, 0.717) is 12.2 Å². The zero-order chi connectivity index (χ0) is 17.9. The van der Waals surface area contributed by atoms with Crippen LogP contribution < -0.4 is 10.5 Å². The molecule has 0 bridgehead atoms. The molecule has 3 aromatic carbocycles. The summed E-state index contributed by atoms with van der Waals surface area (Å²) in [6.07, 6.45) is 2.40. The topological polar surface area (TPSA) is 61.0 Å². The molecule has 4 nitrogen and oxygen atoms in total. The van der Waals surface area contributed by atoms with Gasteiger partial charge in [-0.05, 0) is 34.5 Å². The van der Waals surface area contributed by atoms with Gasteiger partial charge in [-0.15, -0.1) is 0 Å². The monoisotopic (exact) mass is 341 g/mol. The number of fused-ring (bicyclic) bond motifs is 1. The number of nitrogens with two attached hydrogens (primary N) is 1. The summed E-state index contributed by atoms with van der Waals surface area (Å²) in [5.41, 5.74) is 9.85. The van der Waals surface area contributed by atoms with E-state index in [1.165, 1.54) is 0 Å². The molecule has 0 aliphatic heterocycles. The van der Waals surface area contributed by atoms with Crippen LogP contribution in [0.25, 0.3) is 22.0 Å². The van der Waals surface area contributed by atoms with Crippen molar-refractivity contribution in [3.63, 3.8) is 0 Å². The Morgan fingerprint density at radius 3 is 2.50 bits per heavy atom. The van der Waals surface area contributed by atoms with Crippen LogP contribution in [0.15, 0.2) is 72.9 Å². The van der Waals surface area contributed by atoms with Crippen molar-refractivity contribution in [2.75, 3.05) is 12.8 Å². The average Bonchev–Trinajstić information content (AvgIpc) is 2.69. The molecule has 2 N–H and O–H groups in total. The Bertz CT molecular complexity index is 1060. The molecule has 0 saturated heterocycles.